The summed E-state index contributed by atoms with van der Waals surface area (Å²) in [6.45, 7) is 0. The molecule has 0 spiro atoms. The zero-order chi connectivity index (χ0) is 13.3. The van der Waals surface area contributed by atoms with Crippen molar-refractivity contribution >= 4 is 33.0 Å². The highest BCUT2D eigenvalue weighted by atomic mass is 35.5. The molecule has 1 amide bonds. The summed E-state index contributed by atoms with van der Waals surface area (Å²) >= 11 is 5.74. The molecule has 1 aliphatic heterocycles. The summed E-state index contributed by atoms with van der Waals surface area (Å²) < 4.78 is 22.6. The van der Waals surface area contributed by atoms with E-state index in [-0.39, 0.29) is 29.1 Å². The van der Waals surface area contributed by atoms with E-state index in [0.717, 1.165) is 0 Å². The Balaban J connectivity index is 2.09. The van der Waals surface area contributed by atoms with Gasteiger partial charge >= 0.3 is 0 Å². The van der Waals surface area contributed by atoms with Crippen LogP contribution in [0.15, 0.2) is 18.2 Å². The number of nitrogens with one attached hydrogen (secondary N) is 1. The second kappa shape index (κ2) is 4.78. The minimum absolute atomic E-state index is 0.00770. The van der Waals surface area contributed by atoms with E-state index in [4.69, 9.17) is 17.3 Å². The molecule has 7 heteroatoms. The number of hydrogen-bond acceptors (Lipinski definition) is 4. The monoisotopic (exact) mass is 288 g/mol. The Labute approximate surface area is 110 Å². The Morgan fingerprint density at radius 1 is 1.44 bits per heavy atom. The van der Waals surface area contributed by atoms with Gasteiger partial charge < -0.3 is 11.1 Å². The van der Waals surface area contributed by atoms with E-state index in [0.29, 0.717) is 17.0 Å². The van der Waals surface area contributed by atoms with Gasteiger partial charge in [-0.05, 0) is 24.6 Å². The van der Waals surface area contributed by atoms with Gasteiger partial charge in [0.2, 0.25) is 0 Å². The highest BCUT2D eigenvalue weighted by molar-refractivity contribution is 7.91. The van der Waals surface area contributed by atoms with Crippen LogP contribution in [0.4, 0.5) is 5.69 Å². The van der Waals surface area contributed by atoms with Gasteiger partial charge in [0.05, 0.1) is 17.1 Å². The Kier molecular flexibility index (Phi) is 3.49. The number of hydrogen-bond donors (Lipinski definition) is 2. The minimum Gasteiger partial charge on any atom is -0.398 e. The van der Waals surface area contributed by atoms with Gasteiger partial charge in [-0.25, -0.2) is 8.42 Å². The number of sulfone groups is 1. The van der Waals surface area contributed by atoms with Crippen LogP contribution in [-0.4, -0.2) is 31.9 Å². The number of amides is 1. The molecule has 1 aliphatic rings. The molecule has 2 rings (SSSR count). The van der Waals surface area contributed by atoms with Crippen LogP contribution in [0.3, 0.4) is 0 Å². The zero-order valence-corrected chi connectivity index (χ0v) is 11.1. The molecule has 0 saturated carbocycles. The van der Waals surface area contributed by atoms with Crippen LogP contribution >= 0.6 is 11.6 Å². The zero-order valence-electron chi connectivity index (χ0n) is 9.52. The Morgan fingerprint density at radius 3 is 2.72 bits per heavy atom. The fraction of sp³-hybridized carbons (Fsp3) is 0.364. The third kappa shape index (κ3) is 2.94. The maximum Gasteiger partial charge on any atom is 0.253 e. The predicted molar refractivity (Wildman–Crippen MR) is 70.4 cm³/mol. The van der Waals surface area contributed by atoms with E-state index >= 15 is 0 Å². The van der Waals surface area contributed by atoms with Gasteiger partial charge in [-0.2, -0.15) is 0 Å². The molecular formula is C11H13ClN2O3S. The van der Waals surface area contributed by atoms with E-state index in [1.807, 2.05) is 0 Å². The maximum absolute atomic E-state index is 11.9. The lowest BCUT2D eigenvalue weighted by Crippen LogP contribution is -2.35. The summed E-state index contributed by atoms with van der Waals surface area (Å²) in [6.07, 6.45) is 0.446. The molecule has 1 fully saturated rings. The first-order valence-electron chi connectivity index (χ1n) is 5.44. The van der Waals surface area contributed by atoms with Gasteiger partial charge in [0.1, 0.15) is 0 Å². The Morgan fingerprint density at radius 2 is 2.17 bits per heavy atom. The fourth-order valence-corrected chi connectivity index (χ4v) is 3.77. The number of rotatable bonds is 2. The number of benzene rings is 1. The van der Waals surface area contributed by atoms with Crippen LogP contribution in [0.25, 0.3) is 0 Å². The molecule has 1 aromatic carbocycles. The van der Waals surface area contributed by atoms with Crippen LogP contribution in [0.2, 0.25) is 5.02 Å². The maximum atomic E-state index is 11.9. The van der Waals surface area contributed by atoms with Crippen molar-refractivity contribution in [3.63, 3.8) is 0 Å². The molecule has 1 saturated heterocycles. The van der Waals surface area contributed by atoms with Crippen molar-refractivity contribution in [2.24, 2.45) is 0 Å². The molecule has 0 radical (unpaired) electrons. The first kappa shape index (κ1) is 13.2. The number of nitrogen functional groups attached to an aromatic ring is 1. The third-order valence-electron chi connectivity index (χ3n) is 2.83. The molecular weight excluding hydrogens is 276 g/mol. The number of halogens is 1. The van der Waals surface area contributed by atoms with E-state index in [1.54, 1.807) is 6.07 Å². The quantitative estimate of drug-likeness (QED) is 0.789. The minimum atomic E-state index is -3.01. The molecule has 1 heterocycles. The van der Waals surface area contributed by atoms with E-state index in [1.165, 1.54) is 12.1 Å². The normalized spacial score (nSPS) is 21.7. The topological polar surface area (TPSA) is 89.3 Å². The predicted octanol–water partition coefficient (Wildman–Crippen LogP) is 0.839. The van der Waals surface area contributed by atoms with E-state index in [9.17, 15) is 13.2 Å². The number of nitrogens with two attached hydrogens (primary N) is 1. The van der Waals surface area contributed by atoms with Gasteiger partial charge in [-0.1, -0.05) is 11.6 Å². The first-order chi connectivity index (χ1) is 8.37. The van der Waals surface area contributed by atoms with Gasteiger partial charge in [0.25, 0.3) is 5.91 Å². The van der Waals surface area contributed by atoms with Crippen LogP contribution < -0.4 is 11.1 Å². The molecule has 98 valence electrons. The van der Waals surface area contributed by atoms with Crippen molar-refractivity contribution in [1.29, 1.82) is 0 Å². The summed E-state index contributed by atoms with van der Waals surface area (Å²) in [6, 6.07) is 4.24. The standard InChI is InChI=1S/C11H13ClN2O3S/c12-7-1-2-9(10(13)5-7)11(15)14-8-3-4-18(16,17)6-8/h1-2,5,8H,3-4,6,13H2,(H,14,15). The number of anilines is 1. The summed E-state index contributed by atoms with van der Waals surface area (Å²) in [5, 5.41) is 3.12. The van der Waals surface area contributed by atoms with Crippen molar-refractivity contribution in [3.05, 3.63) is 28.8 Å². The van der Waals surface area contributed by atoms with Crippen molar-refractivity contribution in [1.82, 2.24) is 5.32 Å². The average molecular weight is 289 g/mol. The molecule has 1 unspecified atom stereocenters. The van der Waals surface area contributed by atoms with E-state index in [2.05, 4.69) is 5.32 Å². The number of carbonyl (C=O) groups is 1. The molecule has 3 N–H and O–H groups in total. The van der Waals surface area contributed by atoms with Gasteiger partial charge in [-0.3, -0.25) is 4.79 Å². The van der Waals surface area contributed by atoms with Crippen molar-refractivity contribution in [2.45, 2.75) is 12.5 Å². The summed E-state index contributed by atoms with van der Waals surface area (Å²) in [4.78, 5) is 11.9. The highest BCUT2D eigenvalue weighted by Gasteiger charge is 2.29. The summed E-state index contributed by atoms with van der Waals surface area (Å²) in [7, 11) is -3.01. The molecule has 18 heavy (non-hydrogen) atoms. The van der Waals surface area contributed by atoms with Crippen molar-refractivity contribution in [3.8, 4) is 0 Å². The van der Waals surface area contributed by atoms with Gasteiger partial charge in [0.15, 0.2) is 9.84 Å². The molecule has 5 nitrogen and oxygen atoms in total. The summed E-state index contributed by atoms with van der Waals surface area (Å²) in [5.41, 5.74) is 6.27. The van der Waals surface area contributed by atoms with Crippen LogP contribution in [-0.2, 0) is 9.84 Å². The average Bonchev–Trinajstić information content (AvgIpc) is 2.57. The molecule has 0 bridgehead atoms. The largest absolute Gasteiger partial charge is 0.398 e. The molecule has 1 aromatic rings. The van der Waals surface area contributed by atoms with Crippen molar-refractivity contribution < 1.29 is 13.2 Å². The SMILES string of the molecule is Nc1cc(Cl)ccc1C(=O)NC1CCS(=O)(=O)C1. The van der Waals surface area contributed by atoms with E-state index < -0.39 is 9.84 Å². The second-order valence-corrected chi connectivity index (χ2v) is 6.97. The lowest BCUT2D eigenvalue weighted by atomic mass is 10.1. The Bertz CT molecular complexity index is 586. The first-order valence-corrected chi connectivity index (χ1v) is 7.64. The Hall–Kier alpha value is -1.27. The summed E-state index contributed by atoms with van der Waals surface area (Å²) in [5.74, 6) is -0.258. The molecule has 0 aliphatic carbocycles. The molecule has 0 aromatic heterocycles. The molecule has 1 atom stereocenters. The lowest BCUT2D eigenvalue weighted by Gasteiger charge is -2.12. The lowest BCUT2D eigenvalue weighted by molar-refractivity contribution is 0.0942. The highest BCUT2D eigenvalue weighted by Crippen LogP contribution is 2.19. The van der Waals surface area contributed by atoms with Crippen LogP contribution in [0, 0.1) is 0 Å². The van der Waals surface area contributed by atoms with Crippen molar-refractivity contribution in [2.75, 3.05) is 17.2 Å². The van der Waals surface area contributed by atoms with Gasteiger partial charge in [0, 0.05) is 16.8 Å². The number of carbonyl (C=O) groups excluding carboxylic acids is 1. The smallest absolute Gasteiger partial charge is 0.253 e. The van der Waals surface area contributed by atoms with Crippen LogP contribution in [0.5, 0.6) is 0 Å². The van der Waals surface area contributed by atoms with Gasteiger partial charge in [-0.15, -0.1) is 0 Å². The van der Waals surface area contributed by atoms with Crippen LogP contribution in [0.1, 0.15) is 16.8 Å². The fourth-order valence-electron chi connectivity index (χ4n) is 1.91. The second-order valence-electron chi connectivity index (χ2n) is 4.30. The third-order valence-corrected chi connectivity index (χ3v) is 4.83.